The number of rotatable bonds is 5. The Morgan fingerprint density at radius 2 is 2.00 bits per heavy atom. The highest BCUT2D eigenvalue weighted by molar-refractivity contribution is 7.88. The van der Waals surface area contributed by atoms with Crippen LogP contribution in [0.25, 0.3) is 0 Å². The third-order valence-electron chi connectivity index (χ3n) is 5.33. The number of sulfonamides is 1. The maximum absolute atomic E-state index is 12.6. The first-order chi connectivity index (χ1) is 13.7. The molecule has 8 nitrogen and oxygen atoms in total. The van der Waals surface area contributed by atoms with Gasteiger partial charge in [0.15, 0.2) is 6.10 Å². The molecule has 2 atom stereocenters. The van der Waals surface area contributed by atoms with Crippen LogP contribution in [0, 0.1) is 11.3 Å². The number of fused-ring (bicyclic) bond motifs is 1. The topological polar surface area (TPSA) is 117 Å². The third kappa shape index (κ3) is 4.79. The standard InChI is InChI=1S/C19H25N3O5S2/c1-12(27-19(24)15-8-6-10-22(15)29(2,25)26)17(23)21-18-14(11-20)13-7-4-3-5-9-16(13)28-18/h12,15H,3-10H2,1-2H3,(H,21,23)/t12-,15+/m1/s1. The van der Waals surface area contributed by atoms with Crippen LogP contribution in [0.2, 0.25) is 0 Å². The summed E-state index contributed by atoms with van der Waals surface area (Å²) in [6, 6.07) is 1.30. The van der Waals surface area contributed by atoms with E-state index in [4.69, 9.17) is 4.74 Å². The van der Waals surface area contributed by atoms with Gasteiger partial charge in [-0.05, 0) is 51.0 Å². The van der Waals surface area contributed by atoms with Gasteiger partial charge >= 0.3 is 5.97 Å². The van der Waals surface area contributed by atoms with Crippen molar-refractivity contribution in [1.82, 2.24) is 4.31 Å². The fourth-order valence-corrected chi connectivity index (χ4v) is 6.20. The van der Waals surface area contributed by atoms with Crippen LogP contribution >= 0.6 is 11.3 Å². The van der Waals surface area contributed by atoms with Crippen molar-refractivity contribution in [3.8, 4) is 6.07 Å². The zero-order chi connectivity index (χ0) is 21.2. The van der Waals surface area contributed by atoms with Crippen molar-refractivity contribution in [2.75, 3.05) is 18.1 Å². The number of thiophene rings is 1. The maximum Gasteiger partial charge on any atom is 0.325 e. The van der Waals surface area contributed by atoms with E-state index in [1.165, 1.54) is 18.3 Å². The Morgan fingerprint density at radius 1 is 1.28 bits per heavy atom. The van der Waals surface area contributed by atoms with Crippen molar-refractivity contribution in [2.45, 2.75) is 64.0 Å². The smallest absolute Gasteiger partial charge is 0.325 e. The lowest BCUT2D eigenvalue weighted by molar-refractivity contribution is -0.156. The number of anilines is 1. The minimum Gasteiger partial charge on any atom is -0.451 e. The predicted octanol–water partition coefficient (Wildman–Crippen LogP) is 2.18. The Hall–Kier alpha value is -1.96. The molecule has 0 saturated carbocycles. The minimum absolute atomic E-state index is 0.269. The number of esters is 1. The van der Waals surface area contributed by atoms with Crippen LogP contribution in [0.5, 0.6) is 0 Å². The van der Waals surface area contributed by atoms with E-state index in [-0.39, 0.29) is 6.54 Å². The van der Waals surface area contributed by atoms with Gasteiger partial charge in [0.1, 0.15) is 17.1 Å². The molecule has 1 fully saturated rings. The molecule has 0 aromatic carbocycles. The molecule has 1 aromatic rings. The number of hydrogen-bond donors (Lipinski definition) is 1. The van der Waals surface area contributed by atoms with E-state index in [2.05, 4.69) is 11.4 Å². The van der Waals surface area contributed by atoms with Gasteiger partial charge in [-0.3, -0.25) is 9.59 Å². The van der Waals surface area contributed by atoms with Crippen LogP contribution in [0.3, 0.4) is 0 Å². The molecular weight excluding hydrogens is 414 g/mol. The van der Waals surface area contributed by atoms with Crippen LogP contribution in [0.4, 0.5) is 5.00 Å². The van der Waals surface area contributed by atoms with Crippen LogP contribution in [-0.4, -0.2) is 49.5 Å². The highest BCUT2D eigenvalue weighted by atomic mass is 32.2. The van der Waals surface area contributed by atoms with Crippen LogP contribution < -0.4 is 5.32 Å². The molecule has 1 aliphatic heterocycles. The molecule has 1 aliphatic carbocycles. The summed E-state index contributed by atoms with van der Waals surface area (Å²) in [5, 5.41) is 12.8. The molecule has 2 aliphatic rings. The Balaban J connectivity index is 1.67. The number of nitrogens with one attached hydrogen (secondary N) is 1. The number of nitrogens with zero attached hydrogens (tertiary/aromatic N) is 2. The lowest BCUT2D eigenvalue weighted by atomic mass is 10.1. The van der Waals surface area contributed by atoms with Gasteiger partial charge in [0.2, 0.25) is 10.0 Å². The van der Waals surface area contributed by atoms with E-state index in [0.29, 0.717) is 23.4 Å². The normalized spacial score (nSPS) is 20.9. The predicted molar refractivity (Wildman–Crippen MR) is 109 cm³/mol. The van der Waals surface area contributed by atoms with Crippen molar-refractivity contribution in [3.05, 3.63) is 16.0 Å². The number of carbonyl (C=O) groups excluding carboxylic acids is 2. The fraction of sp³-hybridized carbons (Fsp3) is 0.632. The van der Waals surface area contributed by atoms with Gasteiger partial charge in [-0.1, -0.05) is 6.42 Å². The second kappa shape index (κ2) is 8.81. The summed E-state index contributed by atoms with van der Waals surface area (Å²) >= 11 is 1.41. The molecular formula is C19H25N3O5S2. The number of aryl methyl sites for hydroxylation is 1. The van der Waals surface area contributed by atoms with Gasteiger partial charge in [-0.15, -0.1) is 11.3 Å². The minimum atomic E-state index is -3.52. The average Bonchev–Trinajstić information content (AvgIpc) is 3.20. The number of amides is 1. The summed E-state index contributed by atoms with van der Waals surface area (Å²) in [5.74, 6) is -1.26. The zero-order valence-corrected chi connectivity index (χ0v) is 18.2. The molecule has 158 valence electrons. The molecule has 3 rings (SSSR count). The quantitative estimate of drug-likeness (QED) is 0.555. The van der Waals surface area contributed by atoms with Gasteiger partial charge in [0, 0.05) is 11.4 Å². The SMILES string of the molecule is C[C@@H](OC(=O)[C@@H]1CCCN1S(C)(=O)=O)C(=O)Nc1sc2c(c1C#N)CCCCC2. The van der Waals surface area contributed by atoms with Crippen molar-refractivity contribution >= 4 is 38.2 Å². The maximum atomic E-state index is 12.6. The molecule has 1 saturated heterocycles. The lowest BCUT2D eigenvalue weighted by Gasteiger charge is -2.22. The van der Waals surface area contributed by atoms with Gasteiger partial charge in [0.05, 0.1) is 11.8 Å². The molecule has 1 N–H and O–H groups in total. The summed E-state index contributed by atoms with van der Waals surface area (Å²) < 4.78 is 30.0. The number of hydrogen-bond acceptors (Lipinski definition) is 7. The van der Waals surface area contributed by atoms with E-state index in [0.717, 1.165) is 53.1 Å². The fourth-order valence-electron chi connectivity index (χ4n) is 3.84. The third-order valence-corrected chi connectivity index (χ3v) is 7.83. The summed E-state index contributed by atoms with van der Waals surface area (Å²) in [7, 11) is -3.52. The number of ether oxygens (including phenoxy) is 1. The lowest BCUT2D eigenvalue weighted by Crippen LogP contribution is -2.43. The van der Waals surface area contributed by atoms with Crippen molar-refractivity contribution in [2.24, 2.45) is 0 Å². The molecule has 29 heavy (non-hydrogen) atoms. The first kappa shape index (κ1) is 21.7. The van der Waals surface area contributed by atoms with Gasteiger partial charge in [-0.25, -0.2) is 8.42 Å². The summed E-state index contributed by atoms with van der Waals surface area (Å²) in [6.07, 6.45) is 5.85. The van der Waals surface area contributed by atoms with Crippen molar-refractivity contribution in [1.29, 1.82) is 5.26 Å². The van der Waals surface area contributed by atoms with Crippen LogP contribution in [-0.2, 0) is 37.2 Å². The first-order valence-electron chi connectivity index (χ1n) is 9.75. The summed E-state index contributed by atoms with van der Waals surface area (Å²) in [6.45, 7) is 1.71. The first-order valence-corrected chi connectivity index (χ1v) is 12.4. The zero-order valence-electron chi connectivity index (χ0n) is 16.6. The number of carbonyl (C=O) groups is 2. The monoisotopic (exact) mass is 439 g/mol. The molecule has 2 heterocycles. The Morgan fingerprint density at radius 3 is 2.69 bits per heavy atom. The molecule has 0 spiro atoms. The summed E-state index contributed by atoms with van der Waals surface area (Å²) in [4.78, 5) is 26.1. The molecule has 1 amide bonds. The van der Waals surface area contributed by atoms with Crippen molar-refractivity contribution in [3.63, 3.8) is 0 Å². The average molecular weight is 440 g/mol. The van der Waals surface area contributed by atoms with Crippen molar-refractivity contribution < 1.29 is 22.7 Å². The Bertz CT molecular complexity index is 948. The Labute approximate surface area is 174 Å². The van der Waals surface area contributed by atoms with E-state index in [1.807, 2.05) is 0 Å². The van der Waals surface area contributed by atoms with Gasteiger partial charge in [0.25, 0.3) is 5.91 Å². The van der Waals surface area contributed by atoms with Crippen LogP contribution in [0.1, 0.15) is 55.0 Å². The largest absolute Gasteiger partial charge is 0.451 e. The summed E-state index contributed by atoms with van der Waals surface area (Å²) in [5.41, 5.74) is 1.52. The van der Waals surface area contributed by atoms with E-state index in [1.54, 1.807) is 0 Å². The highest BCUT2D eigenvalue weighted by Gasteiger charge is 2.38. The second-order valence-corrected chi connectivity index (χ2v) is 10.5. The molecule has 0 unspecified atom stereocenters. The van der Waals surface area contributed by atoms with Gasteiger partial charge in [-0.2, -0.15) is 9.57 Å². The molecule has 10 heteroatoms. The molecule has 0 radical (unpaired) electrons. The van der Waals surface area contributed by atoms with Crippen LogP contribution in [0.15, 0.2) is 0 Å². The van der Waals surface area contributed by atoms with E-state index < -0.39 is 34.0 Å². The van der Waals surface area contributed by atoms with Gasteiger partial charge < -0.3 is 10.1 Å². The molecule has 1 aromatic heterocycles. The molecule has 0 bridgehead atoms. The second-order valence-electron chi connectivity index (χ2n) is 7.48. The number of nitriles is 1. The Kier molecular flexibility index (Phi) is 6.61. The highest BCUT2D eigenvalue weighted by Crippen LogP contribution is 2.37. The van der Waals surface area contributed by atoms with E-state index in [9.17, 15) is 23.3 Å². The van der Waals surface area contributed by atoms with E-state index >= 15 is 0 Å².